The van der Waals surface area contributed by atoms with E-state index in [1.165, 1.54) is 7.05 Å². The Morgan fingerprint density at radius 1 is 1.43 bits per heavy atom. The van der Waals surface area contributed by atoms with Gasteiger partial charge in [-0.2, -0.15) is 0 Å². The largest absolute Gasteiger partial charge is 0.508 e. The van der Waals surface area contributed by atoms with Crippen molar-refractivity contribution in [1.82, 2.24) is 14.8 Å². The van der Waals surface area contributed by atoms with Crippen molar-refractivity contribution in [2.75, 3.05) is 13.6 Å². The molecule has 3 amide bonds. The van der Waals surface area contributed by atoms with Crippen LogP contribution in [0, 0.1) is 0 Å². The van der Waals surface area contributed by atoms with E-state index >= 15 is 0 Å². The first-order chi connectivity index (χ1) is 9.97. The topological polar surface area (TPSA) is 76.6 Å². The summed E-state index contributed by atoms with van der Waals surface area (Å²) in [6.07, 6.45) is 0.702. The number of imide groups is 1. The lowest BCUT2D eigenvalue weighted by Crippen LogP contribution is -2.44. The van der Waals surface area contributed by atoms with Crippen LogP contribution in [0.25, 0.3) is 10.9 Å². The number of nitrogens with zero attached hydrogens (tertiary/aromatic N) is 2. The molecule has 0 saturated heterocycles. The summed E-state index contributed by atoms with van der Waals surface area (Å²) in [6, 6.07) is 4.91. The molecule has 1 aliphatic heterocycles. The van der Waals surface area contributed by atoms with Crippen LogP contribution in [0.2, 0.25) is 0 Å². The van der Waals surface area contributed by atoms with Gasteiger partial charge in [-0.05, 0) is 30.2 Å². The highest BCUT2D eigenvalue weighted by atomic mass is 127. The van der Waals surface area contributed by atoms with Crippen LogP contribution >= 0.6 is 22.6 Å². The fourth-order valence-corrected chi connectivity index (χ4v) is 2.89. The lowest BCUT2D eigenvalue weighted by atomic mass is 10.0. The predicted molar refractivity (Wildman–Crippen MR) is 86.7 cm³/mol. The summed E-state index contributed by atoms with van der Waals surface area (Å²) in [7, 11) is 1.48. The number of carbonyl (C=O) groups is 2. The van der Waals surface area contributed by atoms with Crippen molar-refractivity contribution in [1.29, 1.82) is 0 Å². The minimum absolute atomic E-state index is 0.234. The summed E-state index contributed by atoms with van der Waals surface area (Å²) in [5, 5.41) is 10.6. The van der Waals surface area contributed by atoms with Crippen molar-refractivity contribution in [2.24, 2.45) is 0 Å². The van der Waals surface area contributed by atoms with Gasteiger partial charge in [0, 0.05) is 52.8 Å². The van der Waals surface area contributed by atoms with Crippen molar-refractivity contribution in [3.8, 4) is 5.75 Å². The second kappa shape index (κ2) is 5.21. The molecule has 0 spiro atoms. The number of hydrogen-bond donors (Lipinski definition) is 2. The standard InChI is InChI=1S/C14H14IN3O3/c1-17(13(15)20)14(21)18-5-4-9-10-6-8(19)2-3-11(10)16-12(9)7-18/h2-3,6,16,19H,4-5,7H2,1H3. The van der Waals surface area contributed by atoms with Crippen LogP contribution in [-0.4, -0.2) is 43.4 Å². The molecule has 0 unspecified atom stereocenters. The number of benzene rings is 1. The Hall–Kier alpha value is -1.77. The van der Waals surface area contributed by atoms with Crippen LogP contribution in [0.1, 0.15) is 11.3 Å². The monoisotopic (exact) mass is 399 g/mol. The first kappa shape index (κ1) is 14.2. The van der Waals surface area contributed by atoms with Crippen LogP contribution in [-0.2, 0) is 13.0 Å². The maximum absolute atomic E-state index is 12.2. The molecular formula is C14H14IN3O3. The molecule has 6 nitrogen and oxygen atoms in total. The fraction of sp³-hybridized carbons (Fsp3) is 0.286. The van der Waals surface area contributed by atoms with Gasteiger partial charge in [-0.25, -0.2) is 4.79 Å². The number of urea groups is 1. The third kappa shape index (κ3) is 2.45. The molecule has 0 saturated carbocycles. The summed E-state index contributed by atoms with van der Waals surface area (Å²) in [5.41, 5.74) is 3.04. The Morgan fingerprint density at radius 2 is 2.19 bits per heavy atom. The second-order valence-corrected chi connectivity index (χ2v) is 6.00. The van der Waals surface area contributed by atoms with E-state index in [9.17, 15) is 14.7 Å². The van der Waals surface area contributed by atoms with Gasteiger partial charge in [0.25, 0.3) is 3.91 Å². The van der Waals surface area contributed by atoms with Crippen molar-refractivity contribution >= 4 is 43.4 Å². The second-order valence-electron chi connectivity index (χ2n) is 5.08. The maximum atomic E-state index is 12.2. The number of nitrogens with one attached hydrogen (secondary N) is 1. The quantitative estimate of drug-likeness (QED) is 0.407. The summed E-state index contributed by atoms with van der Waals surface area (Å²) >= 11 is 1.60. The number of phenols is 1. The molecule has 0 radical (unpaired) electrons. The van der Waals surface area contributed by atoms with Gasteiger partial charge in [-0.3, -0.25) is 9.69 Å². The summed E-state index contributed by atoms with van der Waals surface area (Å²) < 4.78 is -0.301. The summed E-state index contributed by atoms with van der Waals surface area (Å²) in [6.45, 7) is 1.00. The number of carbonyl (C=O) groups excluding carboxylic acids is 2. The number of aromatic amines is 1. The number of phenolic OH excluding ortho intramolecular Hbond substituents is 1. The van der Waals surface area contributed by atoms with E-state index in [0.717, 1.165) is 27.1 Å². The zero-order chi connectivity index (χ0) is 15.1. The van der Waals surface area contributed by atoms with Gasteiger partial charge in [0.05, 0.1) is 6.54 Å². The third-order valence-corrected chi connectivity index (χ3v) is 4.50. The van der Waals surface area contributed by atoms with Gasteiger partial charge in [-0.1, -0.05) is 0 Å². The molecule has 1 aromatic carbocycles. The number of rotatable bonds is 0. The first-order valence-corrected chi connectivity index (χ1v) is 7.60. The lowest BCUT2D eigenvalue weighted by molar-refractivity contribution is 0.165. The van der Waals surface area contributed by atoms with Crippen LogP contribution in [0.5, 0.6) is 5.75 Å². The Bertz CT molecular complexity index is 740. The van der Waals surface area contributed by atoms with E-state index in [1.807, 2.05) is 6.07 Å². The molecule has 1 aromatic heterocycles. The highest BCUT2D eigenvalue weighted by molar-refractivity contribution is 14.1. The number of halogens is 1. The summed E-state index contributed by atoms with van der Waals surface area (Å²) in [5.74, 6) is 0.234. The van der Waals surface area contributed by atoms with Gasteiger partial charge in [0.1, 0.15) is 5.75 Å². The molecular weight excluding hydrogens is 385 g/mol. The van der Waals surface area contributed by atoms with Crippen molar-refractivity contribution in [3.05, 3.63) is 29.5 Å². The number of amides is 3. The molecule has 7 heteroatoms. The van der Waals surface area contributed by atoms with E-state index < -0.39 is 0 Å². The van der Waals surface area contributed by atoms with Crippen molar-refractivity contribution in [3.63, 3.8) is 0 Å². The van der Waals surface area contributed by atoms with E-state index in [-0.39, 0.29) is 15.7 Å². The predicted octanol–water partition coefficient (Wildman–Crippen LogP) is 2.84. The minimum Gasteiger partial charge on any atom is -0.508 e. The van der Waals surface area contributed by atoms with Crippen LogP contribution in [0.15, 0.2) is 18.2 Å². The highest BCUT2D eigenvalue weighted by Gasteiger charge is 2.27. The molecule has 21 heavy (non-hydrogen) atoms. The number of fused-ring (bicyclic) bond motifs is 3. The molecule has 2 aromatic rings. The van der Waals surface area contributed by atoms with Gasteiger partial charge in [0.15, 0.2) is 0 Å². The van der Waals surface area contributed by atoms with E-state index in [4.69, 9.17) is 0 Å². The number of aromatic nitrogens is 1. The first-order valence-electron chi connectivity index (χ1n) is 6.52. The van der Waals surface area contributed by atoms with Crippen molar-refractivity contribution in [2.45, 2.75) is 13.0 Å². The van der Waals surface area contributed by atoms with Crippen molar-refractivity contribution < 1.29 is 14.7 Å². The van der Waals surface area contributed by atoms with Gasteiger partial charge in [-0.15, -0.1) is 0 Å². The van der Waals surface area contributed by atoms with Crippen LogP contribution < -0.4 is 0 Å². The Balaban J connectivity index is 1.91. The normalized spacial score (nSPS) is 14.1. The average Bonchev–Trinajstić information content (AvgIpc) is 2.82. The molecule has 1 aliphatic rings. The fourth-order valence-electron chi connectivity index (χ4n) is 2.68. The highest BCUT2D eigenvalue weighted by Crippen LogP contribution is 2.30. The van der Waals surface area contributed by atoms with Gasteiger partial charge >= 0.3 is 6.03 Å². The van der Waals surface area contributed by atoms with E-state index in [1.54, 1.807) is 39.6 Å². The molecule has 0 atom stereocenters. The zero-order valence-corrected chi connectivity index (χ0v) is 13.5. The van der Waals surface area contributed by atoms with E-state index in [2.05, 4.69) is 4.98 Å². The third-order valence-electron chi connectivity index (χ3n) is 3.78. The number of hydrogen-bond acceptors (Lipinski definition) is 3. The van der Waals surface area contributed by atoms with Gasteiger partial charge < -0.3 is 15.0 Å². The van der Waals surface area contributed by atoms with Gasteiger partial charge in [0.2, 0.25) is 0 Å². The smallest absolute Gasteiger partial charge is 0.327 e. The molecule has 2 heterocycles. The molecule has 2 N–H and O–H groups in total. The maximum Gasteiger partial charge on any atom is 0.327 e. The Kier molecular flexibility index (Phi) is 3.52. The average molecular weight is 399 g/mol. The zero-order valence-electron chi connectivity index (χ0n) is 11.4. The van der Waals surface area contributed by atoms with Crippen LogP contribution in [0.4, 0.5) is 9.59 Å². The number of H-pyrrole nitrogens is 1. The SMILES string of the molecule is CN(C(=O)I)C(=O)N1CCc2c([nH]c3ccc(O)cc23)C1. The Morgan fingerprint density at radius 3 is 2.90 bits per heavy atom. The number of aromatic hydroxyl groups is 1. The Labute approximate surface area is 134 Å². The minimum atomic E-state index is -0.301. The molecule has 0 aliphatic carbocycles. The van der Waals surface area contributed by atoms with E-state index in [0.29, 0.717) is 19.5 Å². The molecule has 0 fully saturated rings. The molecule has 3 rings (SSSR count). The lowest BCUT2D eigenvalue weighted by Gasteiger charge is -2.29. The van der Waals surface area contributed by atoms with Crippen LogP contribution in [0.3, 0.4) is 0 Å². The molecule has 0 bridgehead atoms. The molecule has 110 valence electrons. The summed E-state index contributed by atoms with van der Waals surface area (Å²) in [4.78, 5) is 29.5.